The Labute approximate surface area is 306 Å². The van der Waals surface area contributed by atoms with E-state index in [1.807, 2.05) is 54.7 Å². The zero-order valence-electron chi connectivity index (χ0n) is 28.7. The summed E-state index contributed by atoms with van der Waals surface area (Å²) in [7, 11) is 0. The van der Waals surface area contributed by atoms with Gasteiger partial charge in [0.25, 0.3) is 0 Å². The molecule has 50 heavy (non-hydrogen) atoms. The number of anilines is 1. The smallest absolute Gasteiger partial charge is 0.130 e. The van der Waals surface area contributed by atoms with Crippen molar-refractivity contribution in [3.63, 3.8) is 0 Å². The summed E-state index contributed by atoms with van der Waals surface area (Å²) in [5.74, 6) is 0.715. The Morgan fingerprint density at radius 1 is 0.820 bits per heavy atom. The first-order valence-corrected chi connectivity index (χ1v) is 18.1. The van der Waals surface area contributed by atoms with Gasteiger partial charge < -0.3 is 26.6 Å². The van der Waals surface area contributed by atoms with Crippen LogP contribution >= 0.6 is 23.2 Å². The van der Waals surface area contributed by atoms with Crippen molar-refractivity contribution in [3.05, 3.63) is 143 Å². The highest BCUT2D eigenvalue weighted by molar-refractivity contribution is 6.39. The van der Waals surface area contributed by atoms with Gasteiger partial charge in [-0.3, -0.25) is 0 Å². The Hall–Kier alpha value is -4.33. The summed E-state index contributed by atoms with van der Waals surface area (Å²) < 4.78 is 0. The molecule has 6 rings (SSSR count). The van der Waals surface area contributed by atoms with E-state index in [4.69, 9.17) is 23.2 Å². The number of hydrogen-bond acceptors (Lipinski definition) is 6. The van der Waals surface area contributed by atoms with Gasteiger partial charge in [0, 0.05) is 84.3 Å². The molecule has 2 unspecified atom stereocenters. The second kappa shape index (κ2) is 16.6. The third-order valence-electron chi connectivity index (χ3n) is 9.51. The van der Waals surface area contributed by atoms with E-state index in [1.54, 1.807) is 6.20 Å². The van der Waals surface area contributed by atoms with E-state index in [2.05, 4.69) is 82.5 Å². The summed E-state index contributed by atoms with van der Waals surface area (Å²) in [6.07, 6.45) is 9.91. The van der Waals surface area contributed by atoms with E-state index < -0.39 is 0 Å². The van der Waals surface area contributed by atoms with Crippen LogP contribution in [0.3, 0.4) is 0 Å². The minimum absolute atomic E-state index is 0.423. The van der Waals surface area contributed by atoms with E-state index in [-0.39, 0.29) is 0 Å². The van der Waals surface area contributed by atoms with E-state index in [1.165, 1.54) is 11.1 Å². The van der Waals surface area contributed by atoms with Gasteiger partial charge in [0.1, 0.15) is 5.82 Å². The largest absolute Gasteiger partial charge is 0.385 e. The molecule has 0 bridgehead atoms. The summed E-state index contributed by atoms with van der Waals surface area (Å²) >= 11 is 14.3. The summed E-state index contributed by atoms with van der Waals surface area (Å²) in [6, 6.07) is 23.6. The van der Waals surface area contributed by atoms with Gasteiger partial charge in [0.2, 0.25) is 0 Å². The van der Waals surface area contributed by atoms with Crippen molar-refractivity contribution >= 4 is 29.0 Å². The highest BCUT2D eigenvalue weighted by Crippen LogP contribution is 2.42. The molecule has 3 heterocycles. The van der Waals surface area contributed by atoms with Gasteiger partial charge in [-0.1, -0.05) is 104 Å². The first kappa shape index (κ1) is 35.5. The van der Waals surface area contributed by atoms with Crippen molar-refractivity contribution in [2.75, 3.05) is 25.0 Å². The summed E-state index contributed by atoms with van der Waals surface area (Å²) in [6.45, 7) is 17.5. The van der Waals surface area contributed by atoms with Crippen molar-refractivity contribution < 1.29 is 0 Å². The molecule has 2 saturated heterocycles. The minimum atomic E-state index is 0.423. The van der Waals surface area contributed by atoms with Crippen molar-refractivity contribution in [1.82, 2.24) is 26.3 Å². The van der Waals surface area contributed by atoms with E-state index in [9.17, 15) is 0 Å². The third kappa shape index (κ3) is 8.69. The van der Waals surface area contributed by atoms with Gasteiger partial charge in [-0.15, -0.1) is 0 Å². The molecule has 2 aliphatic rings. The van der Waals surface area contributed by atoms with Gasteiger partial charge in [0.05, 0.1) is 10.0 Å². The Balaban J connectivity index is 1.15. The molecule has 5 N–H and O–H groups in total. The lowest BCUT2D eigenvalue weighted by molar-refractivity contribution is 0.543. The zero-order valence-corrected chi connectivity index (χ0v) is 30.2. The van der Waals surface area contributed by atoms with Gasteiger partial charge >= 0.3 is 0 Å². The SMILES string of the molecule is C=C/C(=C\Nc1cc(-c2cccc(-c3cccc(-c4ccc(CNCC5CCC(=C)N5)c(C)c4)c3Cl)c2Cl)ccn1)CNCC1CCC(=C)N1. The molecule has 258 valence electrons. The van der Waals surface area contributed by atoms with Crippen molar-refractivity contribution in [2.24, 2.45) is 0 Å². The number of halogens is 2. The highest BCUT2D eigenvalue weighted by Gasteiger charge is 2.18. The molecule has 2 atom stereocenters. The lowest BCUT2D eigenvalue weighted by atomic mass is 9.94. The predicted octanol–water partition coefficient (Wildman–Crippen LogP) is 9.39. The molecule has 0 spiro atoms. The number of pyridine rings is 1. The van der Waals surface area contributed by atoms with Crippen LogP contribution in [0, 0.1) is 6.92 Å². The topological polar surface area (TPSA) is 73.0 Å². The fraction of sp³-hybridized carbons (Fsp3) is 0.262. The number of aryl methyl sites for hydroxylation is 1. The van der Waals surface area contributed by atoms with E-state index in [0.29, 0.717) is 34.5 Å². The van der Waals surface area contributed by atoms with Gasteiger partial charge in [0.15, 0.2) is 0 Å². The summed E-state index contributed by atoms with van der Waals surface area (Å²) in [5, 5.41) is 18.6. The van der Waals surface area contributed by atoms with Crippen LogP contribution in [0.15, 0.2) is 122 Å². The highest BCUT2D eigenvalue weighted by atomic mass is 35.5. The lowest BCUT2D eigenvalue weighted by Crippen LogP contribution is -2.34. The molecule has 0 aliphatic carbocycles. The monoisotopic (exact) mass is 704 g/mol. The van der Waals surface area contributed by atoms with Gasteiger partial charge in [-0.2, -0.15) is 0 Å². The number of aromatic nitrogens is 1. The fourth-order valence-electron chi connectivity index (χ4n) is 6.65. The van der Waals surface area contributed by atoms with Crippen LogP contribution < -0.4 is 26.6 Å². The fourth-order valence-corrected chi connectivity index (χ4v) is 7.33. The molecular formula is C42H46Cl2N6. The third-order valence-corrected chi connectivity index (χ3v) is 10.3. The van der Waals surface area contributed by atoms with Gasteiger partial charge in [-0.05, 0) is 72.6 Å². The standard InChI is InChI=1S/C42H46Cl2N6/c1-5-30(22-45-25-34-16-12-28(3)49-34)23-48-40-21-32(18-19-47-40)37-9-7-11-39(42(37)44)38-10-6-8-36(41(38)43)31-14-15-33(27(2)20-31)24-46-26-35-17-13-29(4)50-35/h5-11,14-15,18-21,23,34-35,45-46,49-50H,1,3-4,12-13,16-17,22,24-26H2,2H3,(H,47,48)/b30-23+. The van der Waals surface area contributed by atoms with Crippen LogP contribution in [0.2, 0.25) is 10.0 Å². The van der Waals surface area contributed by atoms with Crippen molar-refractivity contribution in [2.45, 2.75) is 51.2 Å². The molecular weight excluding hydrogens is 659 g/mol. The van der Waals surface area contributed by atoms with Crippen LogP contribution in [0.5, 0.6) is 0 Å². The first-order valence-electron chi connectivity index (χ1n) is 17.3. The van der Waals surface area contributed by atoms with Crippen LogP contribution in [0.4, 0.5) is 5.82 Å². The summed E-state index contributed by atoms with van der Waals surface area (Å²) in [4.78, 5) is 4.54. The lowest BCUT2D eigenvalue weighted by Gasteiger charge is -2.16. The number of benzene rings is 3. The molecule has 0 saturated carbocycles. The molecule has 8 heteroatoms. The normalized spacial score (nSPS) is 17.5. The minimum Gasteiger partial charge on any atom is -0.385 e. The van der Waals surface area contributed by atoms with Crippen LogP contribution in [-0.2, 0) is 6.54 Å². The van der Waals surface area contributed by atoms with Crippen LogP contribution in [0.25, 0.3) is 33.4 Å². The molecule has 3 aromatic carbocycles. The maximum atomic E-state index is 7.17. The second-order valence-corrected chi connectivity index (χ2v) is 14.0. The molecule has 6 nitrogen and oxygen atoms in total. The molecule has 2 fully saturated rings. The molecule has 0 amide bonds. The molecule has 0 radical (unpaired) electrons. The molecule has 2 aliphatic heterocycles. The summed E-state index contributed by atoms with van der Waals surface area (Å²) in [5.41, 5.74) is 11.5. The Morgan fingerprint density at radius 2 is 1.42 bits per heavy atom. The Morgan fingerprint density at radius 3 is 2.00 bits per heavy atom. The van der Waals surface area contributed by atoms with Crippen LogP contribution in [-0.4, -0.2) is 36.7 Å². The number of nitrogens with one attached hydrogen (secondary N) is 5. The maximum absolute atomic E-state index is 7.17. The molecule has 4 aromatic rings. The average Bonchev–Trinajstić information content (AvgIpc) is 3.74. The predicted molar refractivity (Wildman–Crippen MR) is 212 cm³/mol. The maximum Gasteiger partial charge on any atom is 0.130 e. The number of allylic oxidation sites excluding steroid dienone is 2. The van der Waals surface area contributed by atoms with E-state index in [0.717, 1.165) is 95.7 Å². The Bertz CT molecular complexity index is 1910. The Kier molecular flexibility index (Phi) is 11.8. The quantitative estimate of drug-likeness (QED) is 0.0843. The number of nitrogens with zero attached hydrogens (tertiary/aromatic N) is 1. The van der Waals surface area contributed by atoms with Crippen molar-refractivity contribution in [3.8, 4) is 33.4 Å². The van der Waals surface area contributed by atoms with Crippen molar-refractivity contribution in [1.29, 1.82) is 0 Å². The average molecular weight is 706 g/mol. The first-order chi connectivity index (χ1) is 24.3. The second-order valence-electron chi connectivity index (χ2n) is 13.2. The van der Waals surface area contributed by atoms with E-state index >= 15 is 0 Å². The van der Waals surface area contributed by atoms with Crippen LogP contribution in [0.1, 0.15) is 36.8 Å². The zero-order chi connectivity index (χ0) is 35.0. The number of rotatable bonds is 14. The van der Waals surface area contributed by atoms with Gasteiger partial charge in [-0.25, -0.2) is 4.98 Å². The number of hydrogen-bond donors (Lipinski definition) is 5. The molecule has 1 aromatic heterocycles.